The van der Waals surface area contributed by atoms with Crippen molar-refractivity contribution in [3.63, 3.8) is 0 Å². The van der Waals surface area contributed by atoms with E-state index in [-0.39, 0.29) is 5.91 Å². The molecular weight excluding hydrogens is 344 g/mol. The molecule has 0 radical (unpaired) electrons. The molecule has 0 fully saturated rings. The van der Waals surface area contributed by atoms with Gasteiger partial charge >= 0.3 is 0 Å². The second-order valence-electron chi connectivity index (χ2n) is 6.51. The van der Waals surface area contributed by atoms with Crippen LogP contribution in [0.2, 0.25) is 5.02 Å². The number of rotatable bonds is 3. The van der Waals surface area contributed by atoms with Crippen molar-refractivity contribution in [2.24, 2.45) is 0 Å². The number of fused-ring (bicyclic) bond motifs is 2. The fourth-order valence-electron chi connectivity index (χ4n) is 3.75. The van der Waals surface area contributed by atoms with Crippen LogP contribution in [0.25, 0.3) is 21.8 Å². The van der Waals surface area contributed by atoms with Crippen LogP contribution < -0.4 is 4.90 Å². The van der Waals surface area contributed by atoms with E-state index in [1.54, 1.807) is 0 Å². The van der Waals surface area contributed by atoms with Gasteiger partial charge in [-0.05, 0) is 42.3 Å². The van der Waals surface area contributed by atoms with Crippen LogP contribution in [0.15, 0.2) is 66.7 Å². The molecule has 0 saturated carbocycles. The minimum atomic E-state index is 0.0294. The van der Waals surface area contributed by atoms with Crippen molar-refractivity contribution in [2.75, 3.05) is 11.4 Å². The van der Waals surface area contributed by atoms with Gasteiger partial charge in [0.25, 0.3) is 5.91 Å². The molecule has 1 aliphatic heterocycles. The smallest absolute Gasteiger partial charge is 0.259 e. The molecule has 26 heavy (non-hydrogen) atoms. The van der Waals surface area contributed by atoms with Crippen LogP contribution in [0.5, 0.6) is 0 Å². The number of carbonyl (C=O) groups excluding carboxylic acids is 1. The van der Waals surface area contributed by atoms with Crippen LogP contribution in [0.4, 0.5) is 5.69 Å². The highest BCUT2D eigenvalue weighted by molar-refractivity contribution is 6.33. The number of nitrogens with zero attached hydrogens (tertiary/aromatic N) is 2. The average Bonchev–Trinajstić information content (AvgIpc) is 2.95. The summed E-state index contributed by atoms with van der Waals surface area (Å²) in [6.45, 7) is 0.638. The summed E-state index contributed by atoms with van der Waals surface area (Å²) >= 11 is 6.19. The van der Waals surface area contributed by atoms with Gasteiger partial charge in [0, 0.05) is 22.3 Å². The number of carbonyl (C=O) groups is 1. The first kappa shape index (κ1) is 15.4. The van der Waals surface area contributed by atoms with E-state index >= 15 is 0 Å². The van der Waals surface area contributed by atoms with Crippen LogP contribution in [0.1, 0.15) is 15.9 Å². The molecule has 0 spiro atoms. The summed E-state index contributed by atoms with van der Waals surface area (Å²) in [5.74, 6) is 0.0294. The van der Waals surface area contributed by atoms with Crippen molar-refractivity contribution in [3.8, 4) is 0 Å². The third-order valence-electron chi connectivity index (χ3n) is 4.96. The zero-order chi connectivity index (χ0) is 17.7. The van der Waals surface area contributed by atoms with Crippen molar-refractivity contribution in [1.29, 1.82) is 0 Å². The fraction of sp³-hybridized carbons (Fsp3) is 0.0909. The minimum absolute atomic E-state index is 0.0294. The lowest BCUT2D eigenvalue weighted by Gasteiger charge is -2.17. The Morgan fingerprint density at radius 2 is 1.77 bits per heavy atom. The average molecular weight is 359 g/mol. The fourth-order valence-corrected chi connectivity index (χ4v) is 3.92. The van der Waals surface area contributed by atoms with Gasteiger partial charge in [-0.2, -0.15) is 0 Å². The minimum Gasteiger partial charge on any atom is -0.307 e. The highest BCUT2D eigenvalue weighted by Gasteiger charge is 2.32. The van der Waals surface area contributed by atoms with Gasteiger partial charge in [-0.3, -0.25) is 4.79 Å². The Labute approximate surface area is 155 Å². The Bertz CT molecular complexity index is 1170. The Balaban J connectivity index is 1.65. The Hall–Kier alpha value is -2.91. The normalized spacial score (nSPS) is 13.1. The Morgan fingerprint density at radius 3 is 2.62 bits per heavy atom. The van der Waals surface area contributed by atoms with Crippen molar-refractivity contribution >= 4 is 45.0 Å². The van der Waals surface area contributed by atoms with Gasteiger partial charge in [0.15, 0.2) is 0 Å². The van der Waals surface area contributed by atoms with Gasteiger partial charge in [-0.25, -0.2) is 4.98 Å². The van der Waals surface area contributed by atoms with Gasteiger partial charge in [-0.1, -0.05) is 48.0 Å². The molecular formula is C22H15ClN2O. The van der Waals surface area contributed by atoms with Gasteiger partial charge < -0.3 is 4.90 Å². The number of aromatic nitrogens is 1. The maximum absolute atomic E-state index is 13.3. The van der Waals surface area contributed by atoms with E-state index in [0.717, 1.165) is 39.5 Å². The van der Waals surface area contributed by atoms with Crippen molar-refractivity contribution < 1.29 is 4.79 Å². The molecule has 4 heteroatoms. The number of hydrogen-bond acceptors (Lipinski definition) is 2. The van der Waals surface area contributed by atoms with Gasteiger partial charge in [0.2, 0.25) is 0 Å². The molecule has 2 heterocycles. The number of anilines is 1. The van der Waals surface area contributed by atoms with E-state index in [0.29, 0.717) is 11.6 Å². The highest BCUT2D eigenvalue weighted by atomic mass is 35.5. The van der Waals surface area contributed by atoms with E-state index in [2.05, 4.69) is 12.1 Å². The van der Waals surface area contributed by atoms with Crippen molar-refractivity contribution in [3.05, 3.63) is 82.9 Å². The second-order valence-corrected chi connectivity index (χ2v) is 6.95. The van der Waals surface area contributed by atoms with Crippen LogP contribution in [-0.4, -0.2) is 17.4 Å². The molecule has 126 valence electrons. The molecule has 0 unspecified atom stereocenters. The van der Waals surface area contributed by atoms with Crippen LogP contribution in [0, 0.1) is 0 Å². The van der Waals surface area contributed by atoms with Gasteiger partial charge in [0.1, 0.15) is 0 Å². The van der Waals surface area contributed by atoms with E-state index in [1.807, 2.05) is 59.5 Å². The first-order chi connectivity index (χ1) is 12.7. The van der Waals surface area contributed by atoms with E-state index in [4.69, 9.17) is 16.6 Å². The standard InChI is InChI=1S/C22H15ClN2O/c23-15-9-10-17-16(13-15)20-21-18(24-17)7-4-8-19(21)25(22(20)26)12-11-14-5-2-1-3-6-14/h1-10,13H,11-12H2. The van der Waals surface area contributed by atoms with Gasteiger partial charge in [0.05, 0.1) is 22.3 Å². The SMILES string of the molecule is O=C1c2c3cc(Cl)ccc3nc3cccc(c23)N1CCc1ccccc1. The van der Waals surface area contributed by atoms with Crippen LogP contribution in [-0.2, 0) is 6.42 Å². The predicted molar refractivity (Wildman–Crippen MR) is 106 cm³/mol. The lowest BCUT2D eigenvalue weighted by molar-refractivity contribution is 0.0995. The number of benzene rings is 3. The third-order valence-corrected chi connectivity index (χ3v) is 5.19. The summed E-state index contributed by atoms with van der Waals surface area (Å²) in [7, 11) is 0. The third kappa shape index (κ3) is 2.28. The molecule has 4 aromatic rings. The summed E-state index contributed by atoms with van der Waals surface area (Å²) in [6.07, 6.45) is 0.809. The van der Waals surface area contributed by atoms with Gasteiger partial charge in [-0.15, -0.1) is 0 Å². The maximum Gasteiger partial charge on any atom is 0.259 e. The monoisotopic (exact) mass is 358 g/mol. The van der Waals surface area contributed by atoms with E-state index in [9.17, 15) is 4.79 Å². The lowest BCUT2D eigenvalue weighted by atomic mass is 10.0. The summed E-state index contributed by atoms with van der Waals surface area (Å²) in [4.78, 5) is 19.9. The first-order valence-corrected chi connectivity index (χ1v) is 8.98. The Kier molecular flexibility index (Phi) is 3.44. The molecule has 0 saturated heterocycles. The molecule has 0 atom stereocenters. The summed E-state index contributed by atoms with van der Waals surface area (Å²) in [6, 6.07) is 21.7. The first-order valence-electron chi connectivity index (χ1n) is 8.60. The zero-order valence-electron chi connectivity index (χ0n) is 13.9. The molecule has 0 N–H and O–H groups in total. The lowest BCUT2D eigenvalue weighted by Crippen LogP contribution is -2.29. The van der Waals surface area contributed by atoms with Crippen LogP contribution >= 0.6 is 11.6 Å². The zero-order valence-corrected chi connectivity index (χ0v) is 14.7. The second kappa shape index (κ2) is 5.82. The number of pyridine rings is 1. The highest BCUT2D eigenvalue weighted by Crippen LogP contribution is 2.40. The van der Waals surface area contributed by atoms with E-state index in [1.165, 1.54) is 5.56 Å². The number of amides is 1. The van der Waals surface area contributed by atoms with Crippen molar-refractivity contribution in [1.82, 2.24) is 4.98 Å². The molecule has 1 amide bonds. The molecule has 1 aliphatic rings. The molecule has 5 rings (SSSR count). The molecule has 3 aromatic carbocycles. The topological polar surface area (TPSA) is 33.2 Å². The summed E-state index contributed by atoms with van der Waals surface area (Å²) < 4.78 is 0. The molecule has 3 nitrogen and oxygen atoms in total. The largest absolute Gasteiger partial charge is 0.307 e. The molecule has 0 aliphatic carbocycles. The predicted octanol–water partition coefficient (Wildman–Crippen LogP) is 5.24. The van der Waals surface area contributed by atoms with E-state index < -0.39 is 0 Å². The summed E-state index contributed by atoms with van der Waals surface area (Å²) in [5, 5.41) is 2.37. The quantitative estimate of drug-likeness (QED) is 0.469. The van der Waals surface area contributed by atoms with Crippen LogP contribution in [0.3, 0.4) is 0 Å². The molecule has 0 bridgehead atoms. The Morgan fingerprint density at radius 1 is 0.923 bits per heavy atom. The van der Waals surface area contributed by atoms with Crippen molar-refractivity contribution in [2.45, 2.75) is 6.42 Å². The number of hydrogen-bond donors (Lipinski definition) is 0. The summed E-state index contributed by atoms with van der Waals surface area (Å²) in [5.41, 5.74) is 4.52. The molecule has 1 aromatic heterocycles. The number of halogens is 1. The maximum atomic E-state index is 13.3.